The number of likely N-dealkylation sites (N-methyl/N-ethyl adjacent to an activating group) is 1. The molecular formula is C15H19N5O. The zero-order chi connectivity index (χ0) is 14.8. The number of hydrogen-bond acceptors (Lipinski definition) is 5. The summed E-state index contributed by atoms with van der Waals surface area (Å²) in [6, 6.07) is 10.0. The topological polar surface area (TPSA) is 74.5 Å². The summed E-state index contributed by atoms with van der Waals surface area (Å²) < 4.78 is 0. The lowest BCUT2D eigenvalue weighted by molar-refractivity contribution is -0.134. The Hall–Kier alpha value is -2.18. The molecule has 2 heterocycles. The number of para-hydroxylation sites is 1. The fourth-order valence-electron chi connectivity index (χ4n) is 2.59. The van der Waals surface area contributed by atoms with Gasteiger partial charge >= 0.3 is 0 Å². The van der Waals surface area contributed by atoms with Gasteiger partial charge in [-0.25, -0.2) is 10.8 Å². The predicted octanol–water partition coefficient (Wildman–Crippen LogP) is 0.794. The molecule has 6 nitrogen and oxygen atoms in total. The quantitative estimate of drug-likeness (QED) is 0.644. The van der Waals surface area contributed by atoms with E-state index in [1.807, 2.05) is 31.3 Å². The van der Waals surface area contributed by atoms with E-state index in [0.717, 1.165) is 29.6 Å². The Bertz CT molecular complexity index is 672. The number of hydrogen-bond donors (Lipinski definition) is 2. The number of aromatic nitrogens is 1. The van der Waals surface area contributed by atoms with Gasteiger partial charge in [0, 0.05) is 37.6 Å². The molecule has 0 unspecified atom stereocenters. The van der Waals surface area contributed by atoms with Gasteiger partial charge in [0.1, 0.15) is 5.82 Å². The lowest BCUT2D eigenvalue weighted by Gasteiger charge is -2.32. The summed E-state index contributed by atoms with van der Waals surface area (Å²) in [4.78, 5) is 20.2. The van der Waals surface area contributed by atoms with Crippen molar-refractivity contribution in [2.75, 3.05) is 32.1 Å². The van der Waals surface area contributed by atoms with E-state index in [1.54, 1.807) is 4.90 Å². The Labute approximate surface area is 123 Å². The van der Waals surface area contributed by atoms with Crippen LogP contribution in [0, 0.1) is 0 Å². The molecular weight excluding hydrogens is 266 g/mol. The van der Waals surface area contributed by atoms with Crippen molar-refractivity contribution in [3.05, 3.63) is 35.9 Å². The number of rotatable bonds is 3. The Morgan fingerprint density at radius 2 is 2.14 bits per heavy atom. The number of carbonyl (C=O) groups excluding carboxylic acids is 1. The lowest BCUT2D eigenvalue weighted by Crippen LogP contribution is -2.48. The fraction of sp³-hybridized carbons (Fsp3) is 0.333. The second-order valence-corrected chi connectivity index (χ2v) is 5.36. The summed E-state index contributed by atoms with van der Waals surface area (Å²) in [5.74, 6) is 6.41. The van der Waals surface area contributed by atoms with Gasteiger partial charge in [0.2, 0.25) is 5.91 Å². The van der Waals surface area contributed by atoms with Crippen LogP contribution in [0.25, 0.3) is 10.9 Å². The van der Waals surface area contributed by atoms with E-state index < -0.39 is 0 Å². The molecule has 1 aromatic heterocycles. The number of carbonyl (C=O) groups is 1. The number of benzene rings is 1. The molecule has 0 bridgehead atoms. The molecule has 6 heteroatoms. The number of nitrogens with zero attached hydrogens (tertiary/aromatic N) is 3. The summed E-state index contributed by atoms with van der Waals surface area (Å²) in [7, 11) is 1.84. The first-order valence-corrected chi connectivity index (χ1v) is 6.99. The molecule has 1 fully saturated rings. The van der Waals surface area contributed by atoms with Crippen molar-refractivity contribution in [2.24, 2.45) is 5.84 Å². The number of hydrazine groups is 1. The number of pyridine rings is 1. The van der Waals surface area contributed by atoms with Crippen LogP contribution in [-0.4, -0.2) is 47.4 Å². The molecule has 1 saturated heterocycles. The van der Waals surface area contributed by atoms with Crippen LogP contribution in [-0.2, 0) is 11.3 Å². The molecule has 0 aliphatic carbocycles. The summed E-state index contributed by atoms with van der Waals surface area (Å²) in [5, 5.41) is 1.08. The maximum absolute atomic E-state index is 11.8. The zero-order valence-electron chi connectivity index (χ0n) is 12.0. The monoisotopic (exact) mass is 285 g/mol. The third-order valence-electron chi connectivity index (χ3n) is 3.87. The van der Waals surface area contributed by atoms with Crippen molar-refractivity contribution < 1.29 is 4.79 Å². The number of amides is 1. The normalized spacial score (nSPS) is 16.5. The molecule has 1 aliphatic heterocycles. The number of fused-ring (bicyclic) bond motifs is 1. The second kappa shape index (κ2) is 5.67. The predicted molar refractivity (Wildman–Crippen MR) is 82.5 cm³/mol. The standard InChI is InChI=1S/C15H19N5O/c1-19-6-7-20(10-14(19)21)9-12-8-11-4-2-3-5-13(11)17-15(12)18-16/h2-5,8H,6-7,9-10,16H2,1H3,(H,17,18). The Morgan fingerprint density at radius 1 is 1.33 bits per heavy atom. The van der Waals surface area contributed by atoms with Crippen molar-refractivity contribution in [1.82, 2.24) is 14.8 Å². The molecule has 0 saturated carbocycles. The molecule has 3 N–H and O–H groups in total. The maximum atomic E-state index is 11.8. The smallest absolute Gasteiger partial charge is 0.236 e. The summed E-state index contributed by atoms with van der Waals surface area (Å²) in [5.41, 5.74) is 4.58. The van der Waals surface area contributed by atoms with Crippen LogP contribution in [0.5, 0.6) is 0 Å². The second-order valence-electron chi connectivity index (χ2n) is 5.36. The largest absolute Gasteiger partial charge is 0.343 e. The minimum atomic E-state index is 0.150. The minimum absolute atomic E-state index is 0.150. The van der Waals surface area contributed by atoms with Gasteiger partial charge in [0.05, 0.1) is 12.1 Å². The van der Waals surface area contributed by atoms with Gasteiger partial charge in [0.15, 0.2) is 0 Å². The van der Waals surface area contributed by atoms with Crippen LogP contribution in [0.4, 0.5) is 5.82 Å². The van der Waals surface area contributed by atoms with E-state index in [-0.39, 0.29) is 5.91 Å². The van der Waals surface area contributed by atoms with Crippen molar-refractivity contribution in [3.63, 3.8) is 0 Å². The minimum Gasteiger partial charge on any atom is -0.343 e. The fourth-order valence-corrected chi connectivity index (χ4v) is 2.59. The molecule has 1 aromatic carbocycles. The molecule has 0 spiro atoms. The highest BCUT2D eigenvalue weighted by molar-refractivity contribution is 5.82. The van der Waals surface area contributed by atoms with E-state index in [2.05, 4.69) is 21.4 Å². The van der Waals surface area contributed by atoms with Crippen LogP contribution in [0.2, 0.25) is 0 Å². The average molecular weight is 285 g/mol. The Balaban J connectivity index is 1.87. The number of nitrogen functional groups attached to an aromatic ring is 1. The third-order valence-corrected chi connectivity index (χ3v) is 3.87. The molecule has 0 radical (unpaired) electrons. The van der Waals surface area contributed by atoms with Crippen LogP contribution in [0.1, 0.15) is 5.56 Å². The van der Waals surface area contributed by atoms with E-state index in [0.29, 0.717) is 18.9 Å². The van der Waals surface area contributed by atoms with E-state index in [9.17, 15) is 4.79 Å². The van der Waals surface area contributed by atoms with Crippen LogP contribution in [0.3, 0.4) is 0 Å². The molecule has 3 rings (SSSR count). The highest BCUT2D eigenvalue weighted by Crippen LogP contribution is 2.21. The summed E-state index contributed by atoms with van der Waals surface area (Å²) >= 11 is 0. The molecule has 1 aliphatic rings. The first-order valence-electron chi connectivity index (χ1n) is 6.99. The van der Waals surface area contributed by atoms with Crippen LogP contribution < -0.4 is 11.3 Å². The SMILES string of the molecule is CN1CCN(Cc2cc3ccccc3nc2NN)CC1=O. The number of nitrogens with two attached hydrogens (primary N) is 1. The number of nitrogens with one attached hydrogen (secondary N) is 1. The van der Waals surface area contributed by atoms with Crippen molar-refractivity contribution in [3.8, 4) is 0 Å². The summed E-state index contributed by atoms with van der Waals surface area (Å²) in [6.07, 6.45) is 0. The molecule has 21 heavy (non-hydrogen) atoms. The molecule has 0 atom stereocenters. The van der Waals surface area contributed by atoms with Gasteiger partial charge in [-0.05, 0) is 12.1 Å². The average Bonchev–Trinajstić information content (AvgIpc) is 2.50. The van der Waals surface area contributed by atoms with Gasteiger partial charge in [-0.15, -0.1) is 0 Å². The molecule has 2 aromatic rings. The van der Waals surface area contributed by atoms with E-state index in [1.165, 1.54) is 0 Å². The van der Waals surface area contributed by atoms with Gasteiger partial charge in [0.25, 0.3) is 0 Å². The number of piperazine rings is 1. The van der Waals surface area contributed by atoms with Gasteiger partial charge in [-0.1, -0.05) is 18.2 Å². The van der Waals surface area contributed by atoms with Gasteiger partial charge in [-0.2, -0.15) is 0 Å². The first kappa shape index (κ1) is 13.8. The third kappa shape index (κ3) is 2.81. The zero-order valence-corrected chi connectivity index (χ0v) is 12.0. The molecule has 110 valence electrons. The van der Waals surface area contributed by atoms with Crippen LogP contribution >= 0.6 is 0 Å². The number of anilines is 1. The van der Waals surface area contributed by atoms with Crippen molar-refractivity contribution >= 4 is 22.6 Å². The Morgan fingerprint density at radius 3 is 2.90 bits per heavy atom. The van der Waals surface area contributed by atoms with E-state index >= 15 is 0 Å². The van der Waals surface area contributed by atoms with Gasteiger partial charge in [-0.3, -0.25) is 9.69 Å². The first-order chi connectivity index (χ1) is 10.2. The van der Waals surface area contributed by atoms with Crippen LogP contribution in [0.15, 0.2) is 30.3 Å². The summed E-state index contributed by atoms with van der Waals surface area (Å²) in [6.45, 7) is 2.72. The Kier molecular flexibility index (Phi) is 3.72. The highest BCUT2D eigenvalue weighted by atomic mass is 16.2. The maximum Gasteiger partial charge on any atom is 0.236 e. The van der Waals surface area contributed by atoms with E-state index in [4.69, 9.17) is 5.84 Å². The highest BCUT2D eigenvalue weighted by Gasteiger charge is 2.21. The molecule has 1 amide bonds. The van der Waals surface area contributed by atoms with Crippen molar-refractivity contribution in [1.29, 1.82) is 0 Å². The van der Waals surface area contributed by atoms with Gasteiger partial charge < -0.3 is 10.3 Å². The van der Waals surface area contributed by atoms with Crippen molar-refractivity contribution in [2.45, 2.75) is 6.54 Å². The lowest BCUT2D eigenvalue weighted by atomic mass is 10.1.